The number of hydrogen-bond donors (Lipinski definition) is 1. The molecule has 3 aromatic rings. The molecule has 1 N–H and O–H groups in total. The first-order valence-corrected chi connectivity index (χ1v) is 12.1. The number of aliphatic hydroxyl groups is 1. The number of benzene rings is 2. The molecule has 0 unspecified atom stereocenters. The van der Waals surface area contributed by atoms with Crippen LogP contribution in [-0.2, 0) is 6.54 Å². The van der Waals surface area contributed by atoms with Gasteiger partial charge in [-0.1, -0.05) is 72.8 Å². The zero-order chi connectivity index (χ0) is 22.5. The Bertz CT molecular complexity index is 1040. The Morgan fingerprint density at radius 1 is 0.879 bits per heavy atom. The summed E-state index contributed by atoms with van der Waals surface area (Å²) in [6, 6.07) is 24.2. The molecule has 4 heteroatoms. The largest absolute Gasteiger partial charge is 0.395 e. The van der Waals surface area contributed by atoms with E-state index in [4.69, 9.17) is 0 Å². The van der Waals surface area contributed by atoms with Crippen LogP contribution in [0.25, 0.3) is 12.2 Å². The molecule has 5 rings (SSSR count). The normalized spacial score (nSPS) is 24.1. The maximum Gasteiger partial charge on any atom is 0.0593 e. The van der Waals surface area contributed by atoms with Crippen molar-refractivity contribution in [1.29, 1.82) is 0 Å². The average molecular weight is 440 g/mol. The summed E-state index contributed by atoms with van der Waals surface area (Å²) < 4.78 is 0. The first-order valence-electron chi connectivity index (χ1n) is 12.1. The highest BCUT2D eigenvalue weighted by Crippen LogP contribution is 2.42. The number of aliphatic hydroxyl groups excluding tert-OH is 1. The minimum absolute atomic E-state index is 0.221. The van der Waals surface area contributed by atoms with E-state index in [1.807, 2.05) is 24.5 Å². The Morgan fingerprint density at radius 3 is 2.36 bits per heavy atom. The van der Waals surface area contributed by atoms with Crippen molar-refractivity contribution >= 4 is 12.2 Å². The number of fused-ring (bicyclic) bond motifs is 1. The molecule has 2 aromatic carbocycles. The molecule has 3 heterocycles. The van der Waals surface area contributed by atoms with Crippen molar-refractivity contribution in [3.05, 3.63) is 101 Å². The first-order chi connectivity index (χ1) is 16.3. The number of hydrogen-bond acceptors (Lipinski definition) is 4. The molecule has 0 aliphatic carbocycles. The molecule has 2 fully saturated rings. The molecule has 170 valence electrons. The van der Waals surface area contributed by atoms with Gasteiger partial charge < -0.3 is 5.11 Å². The van der Waals surface area contributed by atoms with Crippen LogP contribution < -0.4 is 0 Å². The lowest BCUT2D eigenvalue weighted by molar-refractivity contribution is -0.0655. The summed E-state index contributed by atoms with van der Waals surface area (Å²) in [6.45, 7) is 4.41. The molecule has 0 amide bonds. The molecule has 1 aromatic heterocycles. The Kier molecular flexibility index (Phi) is 6.96. The lowest BCUT2D eigenvalue weighted by Gasteiger charge is -2.57. The molecule has 0 saturated carbocycles. The van der Waals surface area contributed by atoms with Crippen molar-refractivity contribution in [2.45, 2.75) is 37.4 Å². The predicted molar refractivity (Wildman–Crippen MR) is 135 cm³/mol. The van der Waals surface area contributed by atoms with Gasteiger partial charge in [0.1, 0.15) is 0 Å². The fourth-order valence-corrected chi connectivity index (χ4v) is 5.49. The van der Waals surface area contributed by atoms with Gasteiger partial charge in [0.2, 0.25) is 0 Å². The summed E-state index contributed by atoms with van der Waals surface area (Å²) in [4.78, 5) is 9.41. The van der Waals surface area contributed by atoms with E-state index in [-0.39, 0.29) is 12.6 Å². The van der Waals surface area contributed by atoms with Crippen molar-refractivity contribution in [3.8, 4) is 0 Å². The van der Waals surface area contributed by atoms with Gasteiger partial charge in [0.15, 0.2) is 0 Å². The molecule has 0 spiro atoms. The number of nitrogens with zero attached hydrogens (tertiary/aromatic N) is 3. The maximum absolute atomic E-state index is 10.2. The van der Waals surface area contributed by atoms with E-state index in [1.165, 1.54) is 35.1 Å². The van der Waals surface area contributed by atoms with E-state index in [9.17, 15) is 5.11 Å². The standard InChI is InChI=1S/C29H33N3O/c33-22-28-29(26-14-12-24(13-15-26)11-10-23-7-2-1-3-8-23)27-21-31(17-4-5-18-32(27)28)20-25-9-6-16-30-19-25/h1-3,6-16,19,27-29,33H,4-5,17-18,20-22H2/b11-10+/t27-,28-,29+/m1/s1. The van der Waals surface area contributed by atoms with Crippen LogP contribution in [0.2, 0.25) is 0 Å². The van der Waals surface area contributed by atoms with Gasteiger partial charge in [-0.05, 0) is 54.3 Å². The zero-order valence-electron chi connectivity index (χ0n) is 19.1. The number of rotatable bonds is 6. The van der Waals surface area contributed by atoms with Crippen LogP contribution in [0.1, 0.15) is 41.0 Å². The van der Waals surface area contributed by atoms with Gasteiger partial charge in [-0.2, -0.15) is 0 Å². The molecule has 0 bridgehead atoms. The van der Waals surface area contributed by atoms with Gasteiger partial charge in [-0.15, -0.1) is 0 Å². The van der Waals surface area contributed by atoms with E-state index in [0.717, 1.165) is 26.2 Å². The second-order valence-corrected chi connectivity index (χ2v) is 9.30. The fourth-order valence-electron chi connectivity index (χ4n) is 5.49. The Balaban J connectivity index is 1.31. The summed E-state index contributed by atoms with van der Waals surface area (Å²) in [5.41, 5.74) is 5.03. The fraction of sp³-hybridized carbons (Fsp3) is 0.345. The van der Waals surface area contributed by atoms with Gasteiger partial charge in [-0.3, -0.25) is 14.8 Å². The smallest absolute Gasteiger partial charge is 0.0593 e. The lowest BCUT2D eigenvalue weighted by Crippen LogP contribution is -2.67. The van der Waals surface area contributed by atoms with E-state index >= 15 is 0 Å². The topological polar surface area (TPSA) is 39.6 Å². The van der Waals surface area contributed by atoms with Crippen molar-refractivity contribution in [2.24, 2.45) is 0 Å². The third-order valence-electron chi connectivity index (χ3n) is 7.17. The van der Waals surface area contributed by atoms with E-state index in [0.29, 0.717) is 12.0 Å². The third-order valence-corrected chi connectivity index (χ3v) is 7.17. The predicted octanol–water partition coefficient (Wildman–Crippen LogP) is 4.68. The van der Waals surface area contributed by atoms with Crippen LogP contribution in [-0.4, -0.2) is 58.2 Å². The second kappa shape index (κ2) is 10.4. The maximum atomic E-state index is 10.2. The van der Waals surface area contributed by atoms with Crippen LogP contribution in [0.3, 0.4) is 0 Å². The molecule has 4 nitrogen and oxygen atoms in total. The van der Waals surface area contributed by atoms with Crippen LogP contribution in [0, 0.1) is 0 Å². The molecule has 2 aliphatic rings. The second-order valence-electron chi connectivity index (χ2n) is 9.30. The monoisotopic (exact) mass is 439 g/mol. The quantitative estimate of drug-likeness (QED) is 0.566. The number of aromatic nitrogens is 1. The van der Waals surface area contributed by atoms with Crippen LogP contribution in [0.5, 0.6) is 0 Å². The van der Waals surface area contributed by atoms with Crippen molar-refractivity contribution in [3.63, 3.8) is 0 Å². The van der Waals surface area contributed by atoms with Gasteiger partial charge in [-0.25, -0.2) is 0 Å². The van der Waals surface area contributed by atoms with Crippen molar-refractivity contribution < 1.29 is 5.11 Å². The summed E-state index contributed by atoms with van der Waals surface area (Å²) in [5, 5.41) is 10.2. The van der Waals surface area contributed by atoms with Gasteiger partial charge >= 0.3 is 0 Å². The minimum atomic E-state index is 0.221. The van der Waals surface area contributed by atoms with Crippen LogP contribution in [0.4, 0.5) is 0 Å². The first kappa shape index (κ1) is 22.0. The molecule has 33 heavy (non-hydrogen) atoms. The van der Waals surface area contributed by atoms with Gasteiger partial charge in [0, 0.05) is 43.5 Å². The van der Waals surface area contributed by atoms with Crippen molar-refractivity contribution in [1.82, 2.24) is 14.8 Å². The van der Waals surface area contributed by atoms with Crippen LogP contribution >= 0.6 is 0 Å². The van der Waals surface area contributed by atoms with E-state index in [1.54, 1.807) is 0 Å². The lowest BCUT2D eigenvalue weighted by atomic mass is 9.74. The number of pyridine rings is 1. The SMILES string of the molecule is OC[C@@H]1[C@@H](c2ccc(/C=C/c3ccccc3)cc2)[C@H]2CN(Cc3cccnc3)CCCCN12. The Hall–Kier alpha value is -2.79. The van der Waals surface area contributed by atoms with E-state index < -0.39 is 0 Å². The zero-order valence-corrected chi connectivity index (χ0v) is 19.1. The third kappa shape index (κ3) is 5.09. The molecule has 2 saturated heterocycles. The van der Waals surface area contributed by atoms with Crippen molar-refractivity contribution in [2.75, 3.05) is 26.2 Å². The van der Waals surface area contributed by atoms with Gasteiger partial charge in [0.25, 0.3) is 0 Å². The van der Waals surface area contributed by atoms with E-state index in [2.05, 4.69) is 81.5 Å². The average Bonchev–Trinajstić information content (AvgIpc) is 2.85. The van der Waals surface area contributed by atoms with Crippen LogP contribution in [0.15, 0.2) is 79.1 Å². The molecule has 3 atom stereocenters. The Labute approximate surface area is 197 Å². The summed E-state index contributed by atoms with van der Waals surface area (Å²) in [5.74, 6) is 0.372. The highest BCUT2D eigenvalue weighted by molar-refractivity contribution is 5.69. The minimum Gasteiger partial charge on any atom is -0.395 e. The summed E-state index contributed by atoms with van der Waals surface area (Å²) in [7, 11) is 0. The molecular formula is C29H33N3O. The summed E-state index contributed by atoms with van der Waals surface area (Å²) >= 11 is 0. The highest BCUT2D eigenvalue weighted by Gasteiger charge is 2.48. The Morgan fingerprint density at radius 2 is 1.64 bits per heavy atom. The van der Waals surface area contributed by atoms with Gasteiger partial charge in [0.05, 0.1) is 6.61 Å². The molecule has 2 aliphatic heterocycles. The molecular weight excluding hydrogens is 406 g/mol. The highest BCUT2D eigenvalue weighted by atomic mass is 16.3. The molecule has 0 radical (unpaired) electrons. The summed E-state index contributed by atoms with van der Waals surface area (Å²) in [6.07, 6.45) is 10.5.